The molecule has 0 aliphatic carbocycles. The maximum Gasteiger partial charge on any atom is 0.165 e. The van der Waals surface area contributed by atoms with Crippen molar-refractivity contribution in [1.82, 2.24) is 24.8 Å². The molecule has 2 aromatic heterocycles. The van der Waals surface area contributed by atoms with Crippen LogP contribution in [0.2, 0.25) is 0 Å². The molecule has 0 amide bonds. The molecule has 0 spiro atoms. The lowest BCUT2D eigenvalue weighted by Crippen LogP contribution is -2.26. The van der Waals surface area contributed by atoms with Crippen molar-refractivity contribution >= 4 is 17.0 Å². The van der Waals surface area contributed by atoms with Crippen LogP contribution in [0.5, 0.6) is 0 Å². The Kier molecular flexibility index (Phi) is 3.50. The lowest BCUT2D eigenvalue weighted by atomic mass is 10.4. The van der Waals surface area contributed by atoms with Crippen LogP contribution in [0, 0.1) is 0 Å². The number of hydrogen-bond donors (Lipinski definition) is 3. The van der Waals surface area contributed by atoms with Gasteiger partial charge in [0, 0.05) is 6.54 Å². The summed E-state index contributed by atoms with van der Waals surface area (Å²) in [7, 11) is 0. The number of aliphatic hydroxyl groups is 1. The highest BCUT2D eigenvalue weighted by atomic mass is 16.3. The van der Waals surface area contributed by atoms with E-state index in [1.165, 1.54) is 6.33 Å². The van der Waals surface area contributed by atoms with Gasteiger partial charge in [-0.25, -0.2) is 15.0 Å². The highest BCUT2D eigenvalue weighted by Gasteiger charge is 2.06. The van der Waals surface area contributed by atoms with Crippen molar-refractivity contribution < 1.29 is 5.11 Å². The zero-order chi connectivity index (χ0) is 12.3. The first-order valence-corrected chi connectivity index (χ1v) is 5.51. The SMILES string of the molecule is CC(O)NCCCn1cnc2c(N)ncnc21. The minimum Gasteiger partial charge on any atom is -0.382 e. The Labute approximate surface area is 98.7 Å². The molecule has 7 nitrogen and oxygen atoms in total. The van der Waals surface area contributed by atoms with Gasteiger partial charge in [0.05, 0.1) is 6.33 Å². The molecule has 0 aliphatic rings. The Hall–Kier alpha value is -1.73. The molecule has 4 N–H and O–H groups in total. The fourth-order valence-electron chi connectivity index (χ4n) is 1.62. The molecule has 0 bridgehead atoms. The fourth-order valence-corrected chi connectivity index (χ4v) is 1.62. The molecule has 0 saturated heterocycles. The zero-order valence-electron chi connectivity index (χ0n) is 9.67. The summed E-state index contributed by atoms with van der Waals surface area (Å²) in [5, 5.41) is 12.0. The van der Waals surface area contributed by atoms with Crippen molar-refractivity contribution in [1.29, 1.82) is 0 Å². The van der Waals surface area contributed by atoms with Gasteiger partial charge in [-0.2, -0.15) is 0 Å². The Balaban J connectivity index is 2.02. The molecule has 2 heterocycles. The Morgan fingerprint density at radius 3 is 3.06 bits per heavy atom. The number of fused-ring (bicyclic) bond motifs is 1. The lowest BCUT2D eigenvalue weighted by molar-refractivity contribution is 0.156. The van der Waals surface area contributed by atoms with Gasteiger partial charge >= 0.3 is 0 Å². The summed E-state index contributed by atoms with van der Waals surface area (Å²) in [5.74, 6) is 0.399. The van der Waals surface area contributed by atoms with E-state index in [9.17, 15) is 0 Å². The highest BCUT2D eigenvalue weighted by Crippen LogP contribution is 2.14. The molecule has 1 unspecified atom stereocenters. The fraction of sp³-hybridized carbons (Fsp3) is 0.500. The largest absolute Gasteiger partial charge is 0.382 e. The molecule has 7 heteroatoms. The summed E-state index contributed by atoms with van der Waals surface area (Å²) in [6, 6.07) is 0. The predicted octanol–water partition coefficient (Wildman–Crippen LogP) is -0.274. The maximum absolute atomic E-state index is 9.05. The maximum atomic E-state index is 9.05. The third-order valence-electron chi connectivity index (χ3n) is 2.45. The Morgan fingerprint density at radius 1 is 1.47 bits per heavy atom. The summed E-state index contributed by atoms with van der Waals surface area (Å²) in [4.78, 5) is 12.2. The number of rotatable bonds is 5. The van der Waals surface area contributed by atoms with Gasteiger partial charge in [-0.3, -0.25) is 5.32 Å². The minimum absolute atomic E-state index is 0.399. The molecular weight excluding hydrogens is 220 g/mol. The molecule has 17 heavy (non-hydrogen) atoms. The minimum atomic E-state index is -0.479. The van der Waals surface area contributed by atoms with E-state index in [0.717, 1.165) is 25.2 Å². The number of nitrogens with one attached hydrogen (secondary N) is 1. The summed E-state index contributed by atoms with van der Waals surface area (Å²) in [6.45, 7) is 3.20. The Bertz CT molecular complexity index is 495. The van der Waals surface area contributed by atoms with Crippen LogP contribution in [0.15, 0.2) is 12.7 Å². The number of nitrogens with zero attached hydrogens (tertiary/aromatic N) is 4. The molecule has 0 saturated carbocycles. The second-order valence-electron chi connectivity index (χ2n) is 3.85. The second kappa shape index (κ2) is 5.07. The number of nitrogen functional groups attached to an aromatic ring is 1. The number of hydrogen-bond acceptors (Lipinski definition) is 6. The van der Waals surface area contributed by atoms with E-state index >= 15 is 0 Å². The van der Waals surface area contributed by atoms with Crippen LogP contribution in [0.3, 0.4) is 0 Å². The van der Waals surface area contributed by atoms with Crippen molar-refractivity contribution in [2.45, 2.75) is 26.1 Å². The number of aryl methyl sites for hydroxylation is 1. The van der Waals surface area contributed by atoms with Gasteiger partial charge in [0.2, 0.25) is 0 Å². The van der Waals surface area contributed by atoms with Crippen LogP contribution in [-0.4, -0.2) is 37.4 Å². The third-order valence-corrected chi connectivity index (χ3v) is 2.45. The first-order chi connectivity index (χ1) is 8.18. The standard InChI is InChI=1S/C10H16N6O/c1-7(17)12-3-2-4-16-6-15-8-9(11)13-5-14-10(8)16/h5-7,12,17H,2-4H2,1H3,(H2,11,13,14). The lowest BCUT2D eigenvalue weighted by Gasteiger charge is -2.07. The van der Waals surface area contributed by atoms with Crippen molar-refractivity contribution in [3.8, 4) is 0 Å². The van der Waals surface area contributed by atoms with E-state index in [1.807, 2.05) is 4.57 Å². The third kappa shape index (κ3) is 2.69. The van der Waals surface area contributed by atoms with Crippen LogP contribution >= 0.6 is 0 Å². The molecule has 0 fully saturated rings. The molecular formula is C10H16N6O. The van der Waals surface area contributed by atoms with Crippen LogP contribution < -0.4 is 11.1 Å². The van der Waals surface area contributed by atoms with Gasteiger partial charge in [-0.15, -0.1) is 0 Å². The molecule has 0 aliphatic heterocycles. The number of anilines is 1. The molecule has 92 valence electrons. The molecule has 2 aromatic rings. The Morgan fingerprint density at radius 2 is 2.29 bits per heavy atom. The van der Waals surface area contributed by atoms with E-state index in [2.05, 4.69) is 20.3 Å². The number of aliphatic hydroxyl groups excluding tert-OH is 1. The van der Waals surface area contributed by atoms with E-state index < -0.39 is 6.23 Å². The van der Waals surface area contributed by atoms with Crippen LogP contribution in [0.25, 0.3) is 11.2 Å². The van der Waals surface area contributed by atoms with Gasteiger partial charge in [0.25, 0.3) is 0 Å². The van der Waals surface area contributed by atoms with Gasteiger partial charge in [0.1, 0.15) is 18.1 Å². The molecule has 2 rings (SSSR count). The van der Waals surface area contributed by atoms with Crippen LogP contribution in [-0.2, 0) is 6.54 Å². The summed E-state index contributed by atoms with van der Waals surface area (Å²) in [6.07, 6.45) is 3.54. The van der Waals surface area contributed by atoms with Crippen molar-refractivity contribution in [2.24, 2.45) is 0 Å². The zero-order valence-corrected chi connectivity index (χ0v) is 9.67. The van der Waals surface area contributed by atoms with E-state index in [-0.39, 0.29) is 0 Å². The second-order valence-corrected chi connectivity index (χ2v) is 3.85. The summed E-state index contributed by atoms with van der Waals surface area (Å²) < 4.78 is 1.93. The van der Waals surface area contributed by atoms with E-state index in [1.54, 1.807) is 13.3 Å². The monoisotopic (exact) mass is 236 g/mol. The van der Waals surface area contributed by atoms with Crippen LogP contribution in [0.1, 0.15) is 13.3 Å². The van der Waals surface area contributed by atoms with Gasteiger partial charge in [-0.1, -0.05) is 0 Å². The van der Waals surface area contributed by atoms with Gasteiger partial charge in [-0.05, 0) is 19.9 Å². The first kappa shape index (κ1) is 11.7. The van der Waals surface area contributed by atoms with Crippen molar-refractivity contribution in [3.63, 3.8) is 0 Å². The first-order valence-electron chi connectivity index (χ1n) is 5.51. The molecule has 0 aromatic carbocycles. The number of imidazole rings is 1. The molecule has 1 atom stereocenters. The topological polar surface area (TPSA) is 102 Å². The number of aromatic nitrogens is 4. The van der Waals surface area contributed by atoms with E-state index in [0.29, 0.717) is 11.3 Å². The van der Waals surface area contributed by atoms with Crippen LogP contribution in [0.4, 0.5) is 5.82 Å². The summed E-state index contributed by atoms with van der Waals surface area (Å²) in [5.41, 5.74) is 7.07. The van der Waals surface area contributed by atoms with E-state index in [4.69, 9.17) is 10.8 Å². The average molecular weight is 236 g/mol. The average Bonchev–Trinajstić information content (AvgIpc) is 2.69. The predicted molar refractivity (Wildman–Crippen MR) is 64.0 cm³/mol. The van der Waals surface area contributed by atoms with Crippen molar-refractivity contribution in [2.75, 3.05) is 12.3 Å². The van der Waals surface area contributed by atoms with Gasteiger partial charge in [0.15, 0.2) is 11.5 Å². The highest BCUT2D eigenvalue weighted by molar-refractivity contribution is 5.80. The quantitative estimate of drug-likeness (QED) is 0.488. The van der Waals surface area contributed by atoms with Gasteiger partial charge < -0.3 is 15.4 Å². The van der Waals surface area contributed by atoms with Crippen molar-refractivity contribution in [3.05, 3.63) is 12.7 Å². The number of nitrogens with two attached hydrogens (primary N) is 1. The normalized spacial score (nSPS) is 13.1. The molecule has 0 radical (unpaired) electrons. The smallest absolute Gasteiger partial charge is 0.165 e. The summed E-state index contributed by atoms with van der Waals surface area (Å²) >= 11 is 0.